The first kappa shape index (κ1) is 8.11. The SMILES string of the molecule is CCSc1ccc(CO)s1. The molecular formula is C7H10OS2. The molecule has 0 atom stereocenters. The molecule has 0 amide bonds. The summed E-state index contributed by atoms with van der Waals surface area (Å²) in [4.78, 5) is 1.05. The van der Waals surface area contributed by atoms with Crippen molar-refractivity contribution in [2.24, 2.45) is 0 Å². The molecule has 0 fully saturated rings. The maximum atomic E-state index is 8.72. The van der Waals surface area contributed by atoms with Crippen LogP contribution >= 0.6 is 23.1 Å². The molecule has 0 saturated carbocycles. The van der Waals surface area contributed by atoms with E-state index in [1.807, 2.05) is 17.8 Å². The second-order valence-corrected chi connectivity index (χ2v) is 4.54. The number of rotatable bonds is 3. The van der Waals surface area contributed by atoms with Gasteiger partial charge in [0.2, 0.25) is 0 Å². The zero-order valence-corrected chi connectivity index (χ0v) is 7.47. The molecule has 1 heterocycles. The highest BCUT2D eigenvalue weighted by atomic mass is 32.2. The van der Waals surface area contributed by atoms with Gasteiger partial charge in [-0.05, 0) is 17.9 Å². The Bertz CT molecular complexity index is 195. The lowest BCUT2D eigenvalue weighted by Crippen LogP contribution is -1.69. The number of thiophene rings is 1. The van der Waals surface area contributed by atoms with Gasteiger partial charge in [-0.25, -0.2) is 0 Å². The Balaban J connectivity index is 2.59. The first-order valence-electron chi connectivity index (χ1n) is 3.19. The van der Waals surface area contributed by atoms with Crippen molar-refractivity contribution in [2.75, 3.05) is 5.75 Å². The van der Waals surface area contributed by atoms with Gasteiger partial charge in [-0.2, -0.15) is 0 Å². The average molecular weight is 174 g/mol. The molecule has 1 N–H and O–H groups in total. The van der Waals surface area contributed by atoms with Gasteiger partial charge in [0.1, 0.15) is 0 Å². The molecule has 0 aliphatic rings. The second kappa shape index (κ2) is 4.01. The third-order valence-electron chi connectivity index (χ3n) is 1.08. The van der Waals surface area contributed by atoms with Crippen LogP contribution in [0, 0.1) is 0 Å². The number of thioether (sulfide) groups is 1. The molecule has 1 nitrogen and oxygen atoms in total. The van der Waals surface area contributed by atoms with Gasteiger partial charge >= 0.3 is 0 Å². The summed E-state index contributed by atoms with van der Waals surface area (Å²) in [6.07, 6.45) is 0. The van der Waals surface area contributed by atoms with Crippen molar-refractivity contribution in [3.63, 3.8) is 0 Å². The van der Waals surface area contributed by atoms with Crippen molar-refractivity contribution in [2.45, 2.75) is 17.7 Å². The Morgan fingerprint density at radius 1 is 1.60 bits per heavy atom. The van der Waals surface area contributed by atoms with Crippen LogP contribution in [0.4, 0.5) is 0 Å². The fourth-order valence-electron chi connectivity index (χ4n) is 0.663. The fraction of sp³-hybridized carbons (Fsp3) is 0.429. The topological polar surface area (TPSA) is 20.2 Å². The number of hydrogen-bond donors (Lipinski definition) is 1. The van der Waals surface area contributed by atoms with E-state index in [2.05, 4.69) is 13.0 Å². The van der Waals surface area contributed by atoms with Crippen LogP contribution in [0.5, 0.6) is 0 Å². The van der Waals surface area contributed by atoms with Crippen LogP contribution in [-0.4, -0.2) is 10.9 Å². The minimum atomic E-state index is 0.176. The van der Waals surface area contributed by atoms with Crippen LogP contribution in [0.15, 0.2) is 16.3 Å². The van der Waals surface area contributed by atoms with E-state index < -0.39 is 0 Å². The van der Waals surface area contributed by atoms with Gasteiger partial charge in [0.15, 0.2) is 0 Å². The van der Waals surface area contributed by atoms with E-state index in [0.717, 1.165) is 10.6 Å². The Labute approximate surface area is 69.1 Å². The first-order valence-corrected chi connectivity index (χ1v) is 4.99. The predicted octanol–water partition coefficient (Wildman–Crippen LogP) is 2.35. The summed E-state index contributed by atoms with van der Waals surface area (Å²) in [6.45, 7) is 2.30. The molecule has 1 aromatic heterocycles. The van der Waals surface area contributed by atoms with Crippen LogP contribution in [0.25, 0.3) is 0 Å². The molecule has 1 rings (SSSR count). The van der Waals surface area contributed by atoms with Gasteiger partial charge in [0.05, 0.1) is 10.8 Å². The molecular weight excluding hydrogens is 164 g/mol. The average Bonchev–Trinajstić information content (AvgIpc) is 2.37. The van der Waals surface area contributed by atoms with E-state index in [9.17, 15) is 0 Å². The molecule has 0 saturated heterocycles. The van der Waals surface area contributed by atoms with E-state index in [1.165, 1.54) is 4.21 Å². The second-order valence-electron chi connectivity index (χ2n) is 1.81. The maximum Gasteiger partial charge on any atom is 0.0774 e. The van der Waals surface area contributed by atoms with E-state index >= 15 is 0 Å². The highest BCUT2D eigenvalue weighted by molar-refractivity contribution is 8.01. The molecule has 1 aromatic rings. The number of hydrogen-bond acceptors (Lipinski definition) is 3. The lowest BCUT2D eigenvalue weighted by atomic mass is 10.5. The van der Waals surface area contributed by atoms with Gasteiger partial charge in [0, 0.05) is 4.88 Å². The van der Waals surface area contributed by atoms with E-state index in [0.29, 0.717) is 0 Å². The van der Waals surface area contributed by atoms with Crippen LogP contribution in [0.1, 0.15) is 11.8 Å². The minimum Gasteiger partial charge on any atom is -0.391 e. The summed E-state index contributed by atoms with van der Waals surface area (Å²) < 4.78 is 1.30. The van der Waals surface area contributed by atoms with E-state index in [4.69, 9.17) is 5.11 Å². The lowest BCUT2D eigenvalue weighted by Gasteiger charge is -1.88. The molecule has 56 valence electrons. The molecule has 0 aromatic carbocycles. The van der Waals surface area contributed by atoms with Gasteiger partial charge in [0.25, 0.3) is 0 Å². The van der Waals surface area contributed by atoms with Crippen LogP contribution in [0.3, 0.4) is 0 Å². The molecule has 10 heavy (non-hydrogen) atoms. The molecule has 0 aliphatic heterocycles. The lowest BCUT2D eigenvalue weighted by molar-refractivity contribution is 0.285. The van der Waals surface area contributed by atoms with Gasteiger partial charge in [-0.15, -0.1) is 23.1 Å². The van der Waals surface area contributed by atoms with Crippen molar-refractivity contribution >= 4 is 23.1 Å². The molecule has 0 bridgehead atoms. The summed E-state index contributed by atoms with van der Waals surface area (Å²) in [7, 11) is 0. The number of aliphatic hydroxyl groups is 1. The van der Waals surface area contributed by atoms with E-state index in [-0.39, 0.29) is 6.61 Å². The summed E-state index contributed by atoms with van der Waals surface area (Å²) in [6, 6.07) is 4.03. The fourth-order valence-corrected chi connectivity index (χ4v) is 2.62. The van der Waals surface area contributed by atoms with Crippen LogP contribution in [-0.2, 0) is 6.61 Å². The molecule has 3 heteroatoms. The van der Waals surface area contributed by atoms with Crippen molar-refractivity contribution < 1.29 is 5.11 Å². The summed E-state index contributed by atoms with van der Waals surface area (Å²) in [5, 5.41) is 8.72. The highest BCUT2D eigenvalue weighted by Gasteiger charge is 1.96. The zero-order chi connectivity index (χ0) is 7.40. The first-order chi connectivity index (χ1) is 4.86. The van der Waals surface area contributed by atoms with Crippen LogP contribution < -0.4 is 0 Å². The third-order valence-corrected chi connectivity index (χ3v) is 3.26. The van der Waals surface area contributed by atoms with Crippen molar-refractivity contribution in [1.82, 2.24) is 0 Å². The standard InChI is InChI=1S/C7H10OS2/c1-2-9-7-4-3-6(5-8)10-7/h3-4,8H,2,5H2,1H3. The molecule has 0 radical (unpaired) electrons. The molecule has 0 aliphatic carbocycles. The Morgan fingerprint density at radius 3 is 2.90 bits per heavy atom. The summed E-state index contributed by atoms with van der Waals surface area (Å²) >= 11 is 3.49. The summed E-state index contributed by atoms with van der Waals surface area (Å²) in [5.41, 5.74) is 0. The van der Waals surface area contributed by atoms with Crippen LogP contribution in [0.2, 0.25) is 0 Å². The highest BCUT2D eigenvalue weighted by Crippen LogP contribution is 2.26. The monoisotopic (exact) mass is 174 g/mol. The number of aliphatic hydroxyl groups excluding tert-OH is 1. The van der Waals surface area contributed by atoms with Gasteiger partial charge in [-0.1, -0.05) is 6.92 Å². The smallest absolute Gasteiger partial charge is 0.0774 e. The minimum absolute atomic E-state index is 0.176. The van der Waals surface area contributed by atoms with Crippen molar-refractivity contribution in [3.8, 4) is 0 Å². The third kappa shape index (κ3) is 2.01. The van der Waals surface area contributed by atoms with Gasteiger partial charge < -0.3 is 5.11 Å². The normalized spacial score (nSPS) is 10.2. The Morgan fingerprint density at radius 2 is 2.40 bits per heavy atom. The molecule has 0 spiro atoms. The van der Waals surface area contributed by atoms with Crippen molar-refractivity contribution in [1.29, 1.82) is 0 Å². The zero-order valence-electron chi connectivity index (χ0n) is 5.83. The quantitative estimate of drug-likeness (QED) is 0.710. The molecule has 0 unspecified atom stereocenters. The Kier molecular flexibility index (Phi) is 3.25. The Hall–Kier alpha value is 0.01000. The predicted molar refractivity (Wildman–Crippen MR) is 46.6 cm³/mol. The largest absolute Gasteiger partial charge is 0.391 e. The summed E-state index contributed by atoms with van der Waals surface area (Å²) in [5.74, 6) is 1.10. The van der Waals surface area contributed by atoms with Crippen molar-refractivity contribution in [3.05, 3.63) is 17.0 Å². The van der Waals surface area contributed by atoms with E-state index in [1.54, 1.807) is 11.3 Å². The maximum absolute atomic E-state index is 8.72. The van der Waals surface area contributed by atoms with Gasteiger partial charge in [-0.3, -0.25) is 0 Å².